The predicted molar refractivity (Wildman–Crippen MR) is 106 cm³/mol. The van der Waals surface area contributed by atoms with E-state index in [9.17, 15) is 4.79 Å². The highest BCUT2D eigenvalue weighted by atomic mass is 35.5. The van der Waals surface area contributed by atoms with Gasteiger partial charge in [-0.25, -0.2) is 4.98 Å². The van der Waals surface area contributed by atoms with Crippen LogP contribution < -0.4 is 4.90 Å². The van der Waals surface area contributed by atoms with Crippen molar-refractivity contribution < 1.29 is 9.53 Å². The van der Waals surface area contributed by atoms with Gasteiger partial charge in [0.15, 0.2) is 5.13 Å². The van der Waals surface area contributed by atoms with Crippen LogP contribution in [0.2, 0.25) is 5.02 Å². The summed E-state index contributed by atoms with van der Waals surface area (Å²) in [6.07, 6.45) is 2.06. The lowest BCUT2D eigenvalue weighted by Crippen LogP contribution is -2.37. The van der Waals surface area contributed by atoms with Crippen LogP contribution in [0.5, 0.6) is 0 Å². The summed E-state index contributed by atoms with van der Waals surface area (Å²) < 4.78 is 6.74. The van der Waals surface area contributed by atoms with Gasteiger partial charge in [0.2, 0.25) is 0 Å². The predicted octanol–water partition coefficient (Wildman–Crippen LogP) is 5.08. The minimum Gasteiger partial charge on any atom is -0.376 e. The number of carbonyl (C=O) groups excluding carboxylic acids is 1. The zero-order valence-corrected chi connectivity index (χ0v) is 16.0. The Morgan fingerprint density at radius 2 is 2.12 bits per heavy atom. The molecule has 0 spiro atoms. The second-order valence-corrected chi connectivity index (χ2v) is 7.97. The monoisotopic (exact) mass is 386 g/mol. The number of aromatic nitrogens is 1. The van der Waals surface area contributed by atoms with Gasteiger partial charge < -0.3 is 4.74 Å². The molecule has 0 N–H and O–H groups in total. The molecule has 1 aliphatic rings. The molecule has 3 aromatic rings. The first-order chi connectivity index (χ1) is 12.6. The number of rotatable bonds is 4. The lowest BCUT2D eigenvalue weighted by Gasteiger charge is -2.23. The van der Waals surface area contributed by atoms with E-state index < -0.39 is 0 Å². The van der Waals surface area contributed by atoms with Gasteiger partial charge in [0.1, 0.15) is 0 Å². The fourth-order valence-electron chi connectivity index (χ4n) is 3.09. The van der Waals surface area contributed by atoms with E-state index in [0.29, 0.717) is 22.3 Å². The zero-order chi connectivity index (χ0) is 18.1. The lowest BCUT2D eigenvalue weighted by atomic mass is 10.1. The highest BCUT2D eigenvalue weighted by Crippen LogP contribution is 2.32. The van der Waals surface area contributed by atoms with E-state index in [1.54, 1.807) is 4.90 Å². The number of amides is 1. The van der Waals surface area contributed by atoms with Crippen molar-refractivity contribution >= 4 is 44.2 Å². The molecule has 4 rings (SSSR count). The maximum Gasteiger partial charge on any atom is 0.260 e. The molecule has 0 saturated carbocycles. The number of hydrogen-bond acceptors (Lipinski definition) is 4. The van der Waals surface area contributed by atoms with Crippen LogP contribution in [0.3, 0.4) is 0 Å². The van der Waals surface area contributed by atoms with Gasteiger partial charge >= 0.3 is 0 Å². The van der Waals surface area contributed by atoms with Crippen LogP contribution >= 0.6 is 22.9 Å². The number of thiazole rings is 1. The average molecular weight is 387 g/mol. The molecule has 0 aliphatic carbocycles. The molecule has 2 aromatic carbocycles. The molecule has 1 unspecified atom stereocenters. The minimum atomic E-state index is -0.0503. The third-order valence-corrected chi connectivity index (χ3v) is 5.80. The summed E-state index contributed by atoms with van der Waals surface area (Å²) >= 11 is 7.58. The number of halogens is 1. The summed E-state index contributed by atoms with van der Waals surface area (Å²) in [7, 11) is 0. The largest absolute Gasteiger partial charge is 0.376 e. The number of aryl methyl sites for hydroxylation is 1. The zero-order valence-electron chi connectivity index (χ0n) is 14.4. The number of carbonyl (C=O) groups is 1. The Morgan fingerprint density at radius 3 is 2.85 bits per heavy atom. The normalized spacial score (nSPS) is 16.9. The number of anilines is 1. The molecule has 1 atom stereocenters. The molecule has 4 nitrogen and oxygen atoms in total. The number of nitrogens with zero attached hydrogens (tertiary/aromatic N) is 2. The minimum absolute atomic E-state index is 0.0503. The van der Waals surface area contributed by atoms with E-state index in [1.165, 1.54) is 11.3 Å². The Balaban J connectivity index is 1.70. The molecule has 2 heterocycles. The van der Waals surface area contributed by atoms with Crippen molar-refractivity contribution in [2.45, 2.75) is 25.9 Å². The highest BCUT2D eigenvalue weighted by Gasteiger charge is 2.27. The number of fused-ring (bicyclic) bond motifs is 1. The van der Waals surface area contributed by atoms with Crippen molar-refractivity contribution in [3.63, 3.8) is 0 Å². The first kappa shape index (κ1) is 17.5. The third-order valence-electron chi connectivity index (χ3n) is 4.52. The summed E-state index contributed by atoms with van der Waals surface area (Å²) in [6, 6.07) is 13.2. The van der Waals surface area contributed by atoms with Gasteiger partial charge in [-0.1, -0.05) is 40.6 Å². The summed E-state index contributed by atoms with van der Waals surface area (Å²) in [5.41, 5.74) is 2.64. The maximum atomic E-state index is 13.2. The number of hydrogen-bond donors (Lipinski definition) is 0. The number of benzene rings is 2. The van der Waals surface area contributed by atoms with Gasteiger partial charge in [0, 0.05) is 17.2 Å². The van der Waals surface area contributed by atoms with Gasteiger partial charge in [-0.3, -0.25) is 9.69 Å². The van der Waals surface area contributed by atoms with Crippen LogP contribution in [0.1, 0.15) is 28.8 Å². The van der Waals surface area contributed by atoms with Gasteiger partial charge in [-0.15, -0.1) is 0 Å². The Labute approximate surface area is 161 Å². The first-order valence-electron chi connectivity index (χ1n) is 8.66. The molecule has 1 amide bonds. The maximum absolute atomic E-state index is 13.2. The Hall–Kier alpha value is -1.95. The van der Waals surface area contributed by atoms with Crippen LogP contribution in [-0.4, -0.2) is 30.1 Å². The van der Waals surface area contributed by atoms with E-state index in [2.05, 4.69) is 4.98 Å². The molecule has 1 fully saturated rings. The van der Waals surface area contributed by atoms with Crippen molar-refractivity contribution in [3.8, 4) is 0 Å². The molecule has 1 aromatic heterocycles. The van der Waals surface area contributed by atoms with Gasteiger partial charge in [0.05, 0.1) is 22.9 Å². The summed E-state index contributed by atoms with van der Waals surface area (Å²) in [5, 5.41) is 1.35. The van der Waals surface area contributed by atoms with Crippen molar-refractivity contribution in [2.24, 2.45) is 0 Å². The van der Waals surface area contributed by atoms with E-state index in [-0.39, 0.29) is 12.0 Å². The molecule has 134 valence electrons. The summed E-state index contributed by atoms with van der Waals surface area (Å²) in [4.78, 5) is 19.6. The molecular formula is C20H19ClN2O2S. The molecular weight excluding hydrogens is 368 g/mol. The van der Waals surface area contributed by atoms with Crippen molar-refractivity contribution in [2.75, 3.05) is 18.1 Å². The van der Waals surface area contributed by atoms with E-state index in [4.69, 9.17) is 16.3 Å². The topological polar surface area (TPSA) is 42.4 Å². The third kappa shape index (κ3) is 3.61. The van der Waals surface area contributed by atoms with Crippen LogP contribution in [0.4, 0.5) is 5.13 Å². The lowest BCUT2D eigenvalue weighted by molar-refractivity contribution is 0.0917. The van der Waals surface area contributed by atoms with Crippen LogP contribution in [0, 0.1) is 6.92 Å². The SMILES string of the molecule is Cc1ccc(C(=O)N(CC2CCCO2)c2nc3ccc(Cl)cc3s2)cc1. The molecule has 26 heavy (non-hydrogen) atoms. The van der Waals surface area contributed by atoms with Gasteiger partial charge in [0.25, 0.3) is 5.91 Å². The van der Waals surface area contributed by atoms with E-state index in [0.717, 1.165) is 35.2 Å². The molecule has 6 heteroatoms. The smallest absolute Gasteiger partial charge is 0.260 e. The Kier molecular flexibility index (Phi) is 4.94. The fourth-order valence-corrected chi connectivity index (χ4v) is 4.34. The molecule has 1 saturated heterocycles. The second kappa shape index (κ2) is 7.35. The van der Waals surface area contributed by atoms with Crippen LogP contribution in [0.15, 0.2) is 42.5 Å². The average Bonchev–Trinajstić information content (AvgIpc) is 3.28. The second-order valence-electron chi connectivity index (χ2n) is 6.53. The van der Waals surface area contributed by atoms with Crippen molar-refractivity contribution in [1.82, 2.24) is 4.98 Å². The van der Waals surface area contributed by atoms with Crippen LogP contribution in [0.25, 0.3) is 10.2 Å². The molecule has 1 aliphatic heterocycles. The standard InChI is InChI=1S/C20H19ClN2O2S/c1-13-4-6-14(7-5-13)19(24)23(12-16-3-2-10-25-16)20-22-17-9-8-15(21)11-18(17)26-20/h4-9,11,16H,2-3,10,12H2,1H3. The highest BCUT2D eigenvalue weighted by molar-refractivity contribution is 7.22. The van der Waals surface area contributed by atoms with Crippen molar-refractivity contribution in [3.05, 3.63) is 58.6 Å². The van der Waals surface area contributed by atoms with E-state index in [1.807, 2.05) is 49.4 Å². The quantitative estimate of drug-likeness (QED) is 0.627. The summed E-state index contributed by atoms with van der Waals surface area (Å²) in [5.74, 6) is -0.0503. The number of ether oxygens (including phenoxy) is 1. The fraction of sp³-hybridized carbons (Fsp3) is 0.300. The van der Waals surface area contributed by atoms with Gasteiger partial charge in [-0.05, 0) is 50.1 Å². The van der Waals surface area contributed by atoms with Crippen molar-refractivity contribution in [1.29, 1.82) is 0 Å². The summed E-state index contributed by atoms with van der Waals surface area (Å²) in [6.45, 7) is 3.28. The van der Waals surface area contributed by atoms with Crippen LogP contribution in [-0.2, 0) is 4.74 Å². The molecule has 0 radical (unpaired) electrons. The first-order valence-corrected chi connectivity index (χ1v) is 9.86. The molecule has 0 bridgehead atoms. The Bertz CT molecular complexity index is 933. The van der Waals surface area contributed by atoms with Gasteiger partial charge in [-0.2, -0.15) is 0 Å². The van der Waals surface area contributed by atoms with E-state index >= 15 is 0 Å². The Morgan fingerprint density at radius 1 is 1.31 bits per heavy atom.